The Kier molecular flexibility index (Phi) is 6.41. The van der Waals surface area contributed by atoms with E-state index in [1.54, 1.807) is 20.3 Å². The van der Waals surface area contributed by atoms with Gasteiger partial charge in [0.05, 0.1) is 46.1 Å². The zero-order chi connectivity index (χ0) is 20.1. The van der Waals surface area contributed by atoms with Crippen molar-refractivity contribution in [2.45, 2.75) is 13.8 Å². The van der Waals surface area contributed by atoms with Crippen LogP contribution < -0.4 is 24.6 Å². The predicted molar refractivity (Wildman–Crippen MR) is 112 cm³/mol. The largest absolute Gasteiger partial charge is 0.497 e. The van der Waals surface area contributed by atoms with Gasteiger partial charge in [0.15, 0.2) is 6.54 Å². The Balaban J connectivity index is 1.55. The summed E-state index contributed by atoms with van der Waals surface area (Å²) in [5.74, 6) is 1.30. The summed E-state index contributed by atoms with van der Waals surface area (Å²) in [6.45, 7) is 8.59. The highest BCUT2D eigenvalue weighted by Gasteiger charge is 2.23. The number of piperazine rings is 1. The fourth-order valence-electron chi connectivity index (χ4n) is 3.64. The molecular weight excluding hydrogens is 354 g/mol. The number of hydrogen-bond acceptors (Lipinski definition) is 4. The molecule has 0 saturated carbocycles. The van der Waals surface area contributed by atoms with Gasteiger partial charge in [0.2, 0.25) is 0 Å². The number of quaternary nitrogens is 1. The van der Waals surface area contributed by atoms with E-state index in [1.807, 2.05) is 12.1 Å². The molecule has 2 aromatic rings. The van der Waals surface area contributed by atoms with E-state index in [4.69, 9.17) is 9.47 Å². The van der Waals surface area contributed by atoms with Crippen LogP contribution in [0.5, 0.6) is 11.5 Å². The molecule has 6 heteroatoms. The minimum Gasteiger partial charge on any atom is -0.497 e. The Bertz CT molecular complexity index is 830. The molecule has 1 amide bonds. The normalized spacial score (nSPS) is 14.6. The molecule has 0 radical (unpaired) electrons. The maximum absolute atomic E-state index is 12.5. The van der Waals surface area contributed by atoms with Crippen molar-refractivity contribution >= 4 is 17.3 Å². The third-order valence-electron chi connectivity index (χ3n) is 5.48. The Labute approximate surface area is 167 Å². The van der Waals surface area contributed by atoms with E-state index in [9.17, 15) is 4.79 Å². The maximum Gasteiger partial charge on any atom is 0.279 e. The number of nitrogens with zero attached hydrogens (tertiary/aromatic N) is 1. The zero-order valence-electron chi connectivity index (χ0n) is 17.2. The van der Waals surface area contributed by atoms with Crippen LogP contribution >= 0.6 is 0 Å². The molecule has 2 aromatic carbocycles. The second-order valence-corrected chi connectivity index (χ2v) is 7.25. The van der Waals surface area contributed by atoms with Crippen LogP contribution in [-0.4, -0.2) is 52.9 Å². The van der Waals surface area contributed by atoms with Crippen LogP contribution in [0, 0.1) is 13.8 Å². The first-order valence-electron chi connectivity index (χ1n) is 9.68. The van der Waals surface area contributed by atoms with Crippen molar-refractivity contribution in [3.63, 3.8) is 0 Å². The van der Waals surface area contributed by atoms with Crippen LogP contribution in [0.15, 0.2) is 36.4 Å². The summed E-state index contributed by atoms with van der Waals surface area (Å²) in [7, 11) is 3.19. The Morgan fingerprint density at radius 1 is 1.11 bits per heavy atom. The number of aryl methyl sites for hydroxylation is 1. The lowest BCUT2D eigenvalue weighted by molar-refractivity contribution is -0.892. The van der Waals surface area contributed by atoms with Gasteiger partial charge in [-0.3, -0.25) is 4.79 Å². The molecule has 1 fully saturated rings. The predicted octanol–water partition coefficient (Wildman–Crippen LogP) is 1.66. The number of rotatable bonds is 6. The van der Waals surface area contributed by atoms with Crippen molar-refractivity contribution in [1.29, 1.82) is 0 Å². The van der Waals surface area contributed by atoms with Crippen molar-refractivity contribution in [3.8, 4) is 11.5 Å². The summed E-state index contributed by atoms with van der Waals surface area (Å²) in [5.41, 5.74) is 4.64. The highest BCUT2D eigenvalue weighted by Crippen LogP contribution is 2.28. The van der Waals surface area contributed by atoms with Gasteiger partial charge in [-0.25, -0.2) is 0 Å². The molecular formula is C22H30N3O3+. The van der Waals surface area contributed by atoms with Gasteiger partial charge in [-0.05, 0) is 43.2 Å². The van der Waals surface area contributed by atoms with Gasteiger partial charge >= 0.3 is 0 Å². The van der Waals surface area contributed by atoms with E-state index in [0.29, 0.717) is 23.7 Å². The summed E-state index contributed by atoms with van der Waals surface area (Å²) in [4.78, 5) is 16.2. The van der Waals surface area contributed by atoms with Crippen molar-refractivity contribution in [2.75, 3.05) is 57.2 Å². The average molecular weight is 385 g/mol. The van der Waals surface area contributed by atoms with Gasteiger partial charge in [0, 0.05) is 11.8 Å². The summed E-state index contributed by atoms with van der Waals surface area (Å²) >= 11 is 0. The quantitative estimate of drug-likeness (QED) is 0.796. The van der Waals surface area contributed by atoms with Crippen LogP contribution in [0.25, 0.3) is 0 Å². The van der Waals surface area contributed by atoms with E-state index < -0.39 is 0 Å². The molecule has 0 bridgehead atoms. The van der Waals surface area contributed by atoms with Crippen molar-refractivity contribution in [3.05, 3.63) is 47.5 Å². The number of carbonyl (C=O) groups excluding carboxylic acids is 1. The summed E-state index contributed by atoms with van der Waals surface area (Å²) in [5, 5.41) is 2.97. The number of hydrogen-bond donors (Lipinski definition) is 2. The monoisotopic (exact) mass is 384 g/mol. The molecule has 0 aromatic heterocycles. The Morgan fingerprint density at radius 2 is 1.86 bits per heavy atom. The minimum atomic E-state index is -0.00125. The Morgan fingerprint density at radius 3 is 2.54 bits per heavy atom. The molecule has 2 N–H and O–H groups in total. The molecule has 1 aliphatic heterocycles. The van der Waals surface area contributed by atoms with Gasteiger partial charge in [0.1, 0.15) is 11.5 Å². The molecule has 150 valence electrons. The molecule has 0 aliphatic carbocycles. The smallest absolute Gasteiger partial charge is 0.279 e. The number of methoxy groups -OCH3 is 2. The van der Waals surface area contributed by atoms with Crippen molar-refractivity contribution in [1.82, 2.24) is 0 Å². The number of ether oxygens (including phenoxy) is 2. The summed E-state index contributed by atoms with van der Waals surface area (Å²) in [6.07, 6.45) is 0. The topological polar surface area (TPSA) is 55.2 Å². The standard InChI is InChI=1S/C22H29N3O3/c1-16-6-5-7-20(17(16)2)25-12-10-24(11-13-25)15-22(26)23-19-9-8-18(27-3)14-21(19)28-4/h5-9,14H,10-13,15H2,1-4H3,(H,23,26)/p+1. The average Bonchev–Trinajstić information content (AvgIpc) is 2.71. The second-order valence-electron chi connectivity index (χ2n) is 7.25. The number of anilines is 2. The first-order valence-corrected chi connectivity index (χ1v) is 9.68. The molecule has 1 saturated heterocycles. The molecule has 1 aliphatic rings. The van der Waals surface area contributed by atoms with Gasteiger partial charge in [-0.2, -0.15) is 0 Å². The van der Waals surface area contributed by atoms with Crippen LogP contribution in [0.2, 0.25) is 0 Å². The molecule has 3 rings (SSSR count). The van der Waals surface area contributed by atoms with E-state index in [-0.39, 0.29) is 5.91 Å². The van der Waals surface area contributed by atoms with Crippen LogP contribution in [0.3, 0.4) is 0 Å². The lowest BCUT2D eigenvalue weighted by Gasteiger charge is -2.34. The van der Waals surface area contributed by atoms with E-state index in [0.717, 1.165) is 26.2 Å². The van der Waals surface area contributed by atoms with E-state index in [1.165, 1.54) is 21.7 Å². The highest BCUT2D eigenvalue weighted by molar-refractivity contribution is 5.93. The molecule has 0 spiro atoms. The Hall–Kier alpha value is -2.73. The van der Waals surface area contributed by atoms with Crippen LogP contribution in [0.1, 0.15) is 11.1 Å². The van der Waals surface area contributed by atoms with E-state index in [2.05, 4.69) is 42.3 Å². The van der Waals surface area contributed by atoms with Gasteiger partial charge < -0.3 is 24.6 Å². The highest BCUT2D eigenvalue weighted by atomic mass is 16.5. The van der Waals surface area contributed by atoms with Gasteiger partial charge in [-0.1, -0.05) is 12.1 Å². The summed E-state index contributed by atoms with van der Waals surface area (Å²) in [6, 6.07) is 11.9. The molecule has 0 unspecified atom stereocenters. The van der Waals surface area contributed by atoms with Gasteiger partial charge in [-0.15, -0.1) is 0 Å². The first-order chi connectivity index (χ1) is 13.5. The number of amides is 1. The number of nitrogens with one attached hydrogen (secondary N) is 2. The number of carbonyl (C=O) groups is 1. The first kappa shape index (κ1) is 20.0. The SMILES string of the molecule is COc1ccc(NC(=O)C[NH+]2CCN(c3cccc(C)c3C)CC2)c(OC)c1. The van der Waals surface area contributed by atoms with Crippen molar-refractivity contribution < 1.29 is 19.2 Å². The fraction of sp³-hybridized carbons (Fsp3) is 0.409. The van der Waals surface area contributed by atoms with Crippen LogP contribution in [-0.2, 0) is 4.79 Å². The molecule has 6 nitrogen and oxygen atoms in total. The lowest BCUT2D eigenvalue weighted by Crippen LogP contribution is -3.15. The minimum absolute atomic E-state index is 0.00125. The second kappa shape index (κ2) is 8.97. The van der Waals surface area contributed by atoms with Crippen molar-refractivity contribution in [2.24, 2.45) is 0 Å². The van der Waals surface area contributed by atoms with Gasteiger partial charge in [0.25, 0.3) is 5.91 Å². The molecule has 28 heavy (non-hydrogen) atoms. The third kappa shape index (κ3) is 4.57. The maximum atomic E-state index is 12.5. The lowest BCUT2D eigenvalue weighted by atomic mass is 10.1. The molecule has 0 atom stereocenters. The van der Waals surface area contributed by atoms with Crippen LogP contribution in [0.4, 0.5) is 11.4 Å². The van der Waals surface area contributed by atoms with E-state index >= 15 is 0 Å². The summed E-state index contributed by atoms with van der Waals surface area (Å²) < 4.78 is 10.6. The number of benzene rings is 2. The third-order valence-corrected chi connectivity index (χ3v) is 5.48. The fourth-order valence-corrected chi connectivity index (χ4v) is 3.64. The molecule has 1 heterocycles. The zero-order valence-corrected chi connectivity index (χ0v) is 17.2.